The van der Waals surface area contributed by atoms with Crippen molar-refractivity contribution in [1.29, 1.82) is 0 Å². The van der Waals surface area contributed by atoms with Crippen LogP contribution < -0.4 is 9.47 Å². The SMILES string of the molecule is [N-]=[N+]=Nc1ccc(-c2ccc3c(c2)OCO3)cc1F. The van der Waals surface area contributed by atoms with Gasteiger partial charge in [0.05, 0.1) is 5.69 Å². The third-order valence-electron chi connectivity index (χ3n) is 2.81. The Labute approximate surface area is 107 Å². The van der Waals surface area contributed by atoms with Crippen LogP contribution in [-0.2, 0) is 0 Å². The molecule has 19 heavy (non-hydrogen) atoms. The molecule has 0 atom stereocenters. The quantitative estimate of drug-likeness (QED) is 0.460. The molecule has 2 aromatic carbocycles. The number of hydrogen-bond acceptors (Lipinski definition) is 3. The molecule has 0 saturated carbocycles. The maximum Gasteiger partial charge on any atom is 0.231 e. The summed E-state index contributed by atoms with van der Waals surface area (Å²) < 4.78 is 24.2. The number of benzene rings is 2. The lowest BCUT2D eigenvalue weighted by Gasteiger charge is -2.04. The van der Waals surface area contributed by atoms with Crippen LogP contribution >= 0.6 is 0 Å². The summed E-state index contributed by atoms with van der Waals surface area (Å²) in [6.07, 6.45) is 0. The molecule has 1 aliphatic heterocycles. The molecule has 5 nitrogen and oxygen atoms in total. The van der Waals surface area contributed by atoms with E-state index in [4.69, 9.17) is 15.0 Å². The molecule has 0 radical (unpaired) electrons. The monoisotopic (exact) mass is 257 g/mol. The predicted molar refractivity (Wildman–Crippen MR) is 66.8 cm³/mol. The molecule has 0 saturated heterocycles. The Morgan fingerprint density at radius 3 is 2.58 bits per heavy atom. The van der Waals surface area contributed by atoms with Crippen LogP contribution in [0.2, 0.25) is 0 Å². The van der Waals surface area contributed by atoms with E-state index in [1.165, 1.54) is 12.1 Å². The normalized spacial score (nSPS) is 12.1. The van der Waals surface area contributed by atoms with Gasteiger partial charge in [-0.1, -0.05) is 17.2 Å². The Balaban J connectivity index is 2.02. The first-order valence-electron chi connectivity index (χ1n) is 5.52. The van der Waals surface area contributed by atoms with Crippen molar-refractivity contribution in [3.8, 4) is 22.6 Å². The van der Waals surface area contributed by atoms with E-state index in [2.05, 4.69) is 10.0 Å². The largest absolute Gasteiger partial charge is 0.454 e. The van der Waals surface area contributed by atoms with Gasteiger partial charge in [-0.3, -0.25) is 0 Å². The summed E-state index contributed by atoms with van der Waals surface area (Å²) in [7, 11) is 0. The number of ether oxygens (including phenoxy) is 2. The van der Waals surface area contributed by atoms with Gasteiger partial charge < -0.3 is 9.47 Å². The molecule has 1 heterocycles. The van der Waals surface area contributed by atoms with Crippen LogP contribution in [0.4, 0.5) is 10.1 Å². The van der Waals surface area contributed by atoms with Crippen LogP contribution in [0.5, 0.6) is 11.5 Å². The molecular formula is C13H8FN3O2. The van der Waals surface area contributed by atoms with Crippen molar-refractivity contribution in [3.05, 3.63) is 52.7 Å². The van der Waals surface area contributed by atoms with Gasteiger partial charge in [0.15, 0.2) is 11.5 Å². The van der Waals surface area contributed by atoms with E-state index in [0.29, 0.717) is 17.1 Å². The van der Waals surface area contributed by atoms with Crippen molar-refractivity contribution < 1.29 is 13.9 Å². The molecule has 0 amide bonds. The third-order valence-corrected chi connectivity index (χ3v) is 2.81. The fraction of sp³-hybridized carbons (Fsp3) is 0.0769. The van der Waals surface area contributed by atoms with Gasteiger partial charge in [-0.25, -0.2) is 4.39 Å². The summed E-state index contributed by atoms with van der Waals surface area (Å²) in [5.41, 5.74) is 9.75. The lowest BCUT2D eigenvalue weighted by molar-refractivity contribution is 0.174. The highest BCUT2D eigenvalue weighted by molar-refractivity contribution is 5.69. The fourth-order valence-corrected chi connectivity index (χ4v) is 1.89. The number of hydrogen-bond donors (Lipinski definition) is 0. The summed E-state index contributed by atoms with van der Waals surface area (Å²) in [4.78, 5) is 2.56. The minimum atomic E-state index is -0.562. The molecule has 0 aliphatic carbocycles. The van der Waals surface area contributed by atoms with Gasteiger partial charge >= 0.3 is 0 Å². The highest BCUT2D eigenvalue weighted by Crippen LogP contribution is 2.36. The first kappa shape index (κ1) is 11.4. The Hall–Kier alpha value is -2.72. The molecule has 0 N–H and O–H groups in total. The molecule has 0 spiro atoms. The molecule has 1 aliphatic rings. The second-order valence-electron chi connectivity index (χ2n) is 3.92. The average Bonchev–Trinajstić information content (AvgIpc) is 2.88. The number of rotatable bonds is 2. The van der Waals surface area contributed by atoms with E-state index < -0.39 is 5.82 Å². The fourth-order valence-electron chi connectivity index (χ4n) is 1.89. The van der Waals surface area contributed by atoms with E-state index >= 15 is 0 Å². The van der Waals surface area contributed by atoms with Crippen LogP contribution in [0.3, 0.4) is 0 Å². The number of azide groups is 1. The topological polar surface area (TPSA) is 67.2 Å². The minimum absolute atomic E-state index is 0.0213. The Kier molecular flexibility index (Phi) is 2.70. The molecule has 0 fully saturated rings. The zero-order valence-electron chi connectivity index (χ0n) is 9.71. The van der Waals surface area contributed by atoms with Crippen molar-refractivity contribution in [2.24, 2.45) is 5.11 Å². The van der Waals surface area contributed by atoms with Gasteiger partial charge in [0.25, 0.3) is 0 Å². The highest BCUT2D eigenvalue weighted by atomic mass is 19.1. The van der Waals surface area contributed by atoms with Gasteiger partial charge in [0.1, 0.15) is 5.82 Å². The second kappa shape index (κ2) is 4.51. The van der Waals surface area contributed by atoms with Crippen LogP contribution in [0.1, 0.15) is 0 Å². The molecule has 0 unspecified atom stereocenters. The number of fused-ring (bicyclic) bond motifs is 1. The molecular weight excluding hydrogens is 249 g/mol. The van der Waals surface area contributed by atoms with Crippen molar-refractivity contribution in [3.63, 3.8) is 0 Å². The number of halogens is 1. The standard InChI is InChI=1S/C13H8FN3O2/c14-10-5-8(1-3-11(10)16-17-15)9-2-4-12-13(6-9)19-7-18-12/h1-6H,7H2. The highest BCUT2D eigenvalue weighted by Gasteiger charge is 2.14. The van der Waals surface area contributed by atoms with Gasteiger partial charge in [0, 0.05) is 4.91 Å². The summed E-state index contributed by atoms with van der Waals surface area (Å²) >= 11 is 0. The van der Waals surface area contributed by atoms with Crippen LogP contribution in [0, 0.1) is 5.82 Å². The Bertz CT molecular complexity index is 696. The maximum absolute atomic E-state index is 13.7. The first-order chi connectivity index (χ1) is 9.28. The smallest absolute Gasteiger partial charge is 0.231 e. The van der Waals surface area contributed by atoms with E-state index in [1.54, 1.807) is 18.2 Å². The molecule has 2 aromatic rings. The Morgan fingerprint density at radius 1 is 1.05 bits per heavy atom. The van der Waals surface area contributed by atoms with Gasteiger partial charge in [-0.15, -0.1) is 0 Å². The van der Waals surface area contributed by atoms with Crippen molar-refractivity contribution in [2.75, 3.05) is 6.79 Å². The lowest BCUT2D eigenvalue weighted by atomic mass is 10.0. The summed E-state index contributed by atoms with van der Waals surface area (Å²) in [6, 6.07) is 9.82. The van der Waals surface area contributed by atoms with Gasteiger partial charge in [-0.05, 0) is 40.9 Å². The molecule has 6 heteroatoms. The zero-order valence-corrected chi connectivity index (χ0v) is 9.71. The van der Waals surface area contributed by atoms with Crippen LogP contribution in [-0.4, -0.2) is 6.79 Å². The van der Waals surface area contributed by atoms with Crippen molar-refractivity contribution in [2.45, 2.75) is 0 Å². The van der Waals surface area contributed by atoms with Gasteiger partial charge in [-0.2, -0.15) is 0 Å². The third kappa shape index (κ3) is 2.05. The molecule has 0 aromatic heterocycles. The molecule has 3 rings (SSSR count). The van der Waals surface area contributed by atoms with Crippen molar-refractivity contribution in [1.82, 2.24) is 0 Å². The van der Waals surface area contributed by atoms with Gasteiger partial charge in [0.2, 0.25) is 6.79 Å². The summed E-state index contributed by atoms with van der Waals surface area (Å²) in [6.45, 7) is 0.197. The molecule has 0 bridgehead atoms. The minimum Gasteiger partial charge on any atom is -0.454 e. The van der Waals surface area contributed by atoms with Crippen LogP contribution in [0.25, 0.3) is 21.6 Å². The number of nitrogens with zero attached hydrogens (tertiary/aromatic N) is 3. The average molecular weight is 257 g/mol. The van der Waals surface area contributed by atoms with E-state index in [0.717, 1.165) is 5.56 Å². The maximum atomic E-state index is 13.7. The summed E-state index contributed by atoms with van der Waals surface area (Å²) in [5.74, 6) is 0.750. The lowest BCUT2D eigenvalue weighted by Crippen LogP contribution is -1.92. The zero-order chi connectivity index (χ0) is 13.2. The van der Waals surface area contributed by atoms with E-state index in [1.807, 2.05) is 6.07 Å². The Morgan fingerprint density at radius 2 is 1.79 bits per heavy atom. The van der Waals surface area contributed by atoms with Crippen LogP contribution in [0.15, 0.2) is 41.5 Å². The first-order valence-corrected chi connectivity index (χ1v) is 5.52. The van der Waals surface area contributed by atoms with Crippen molar-refractivity contribution >= 4 is 5.69 Å². The van der Waals surface area contributed by atoms with E-state index in [-0.39, 0.29) is 12.5 Å². The molecule has 94 valence electrons. The van der Waals surface area contributed by atoms with E-state index in [9.17, 15) is 4.39 Å². The summed E-state index contributed by atoms with van der Waals surface area (Å²) in [5, 5.41) is 3.26. The predicted octanol–water partition coefficient (Wildman–Crippen LogP) is 4.16. The second-order valence-corrected chi connectivity index (χ2v) is 3.92.